The molecule has 1 rings (SSSR count). The van der Waals surface area contributed by atoms with E-state index in [2.05, 4.69) is 15.9 Å². The third kappa shape index (κ3) is 3.05. The van der Waals surface area contributed by atoms with Gasteiger partial charge in [0.05, 0.1) is 23.8 Å². The van der Waals surface area contributed by atoms with Gasteiger partial charge in [0.25, 0.3) is 6.43 Å². The van der Waals surface area contributed by atoms with Gasteiger partial charge in [0.1, 0.15) is 0 Å². The first-order valence-electron chi connectivity index (χ1n) is 5.13. The highest BCUT2D eigenvalue weighted by atomic mass is 79.9. The molecule has 0 atom stereocenters. The van der Waals surface area contributed by atoms with Crippen LogP contribution in [-0.4, -0.2) is 12.6 Å². The van der Waals surface area contributed by atoms with Crippen LogP contribution in [0.2, 0.25) is 0 Å². The second kappa shape index (κ2) is 6.45. The zero-order valence-corrected chi connectivity index (χ0v) is 11.1. The first-order chi connectivity index (χ1) is 8.54. The van der Waals surface area contributed by atoms with Crippen LogP contribution < -0.4 is 0 Å². The van der Waals surface area contributed by atoms with E-state index in [1.165, 1.54) is 6.07 Å². The number of hydrogen-bond donors (Lipinski definition) is 0. The maximum absolute atomic E-state index is 12.8. The number of esters is 1. The standard InChI is InChI=1S/C12H10BrF2NO2/c1-2-18-12(17)7-3-8(5-13)10(6-16)9(4-7)11(14)15/h3-4,11H,2,5H2,1H3. The van der Waals surface area contributed by atoms with E-state index in [0.29, 0.717) is 5.56 Å². The van der Waals surface area contributed by atoms with Crippen molar-refractivity contribution in [1.82, 2.24) is 0 Å². The Morgan fingerprint density at radius 3 is 2.67 bits per heavy atom. The van der Waals surface area contributed by atoms with Crippen molar-refractivity contribution in [2.45, 2.75) is 18.7 Å². The summed E-state index contributed by atoms with van der Waals surface area (Å²) < 4.78 is 30.4. The Morgan fingerprint density at radius 2 is 2.22 bits per heavy atom. The number of benzene rings is 1. The molecule has 0 unspecified atom stereocenters. The Kier molecular flexibility index (Phi) is 5.23. The van der Waals surface area contributed by atoms with Gasteiger partial charge in [-0.05, 0) is 24.6 Å². The van der Waals surface area contributed by atoms with E-state index < -0.39 is 18.0 Å². The van der Waals surface area contributed by atoms with Crippen molar-refractivity contribution in [2.75, 3.05) is 6.61 Å². The summed E-state index contributed by atoms with van der Waals surface area (Å²) in [6.07, 6.45) is -2.81. The normalized spacial score (nSPS) is 10.2. The molecule has 0 saturated carbocycles. The van der Waals surface area contributed by atoms with Gasteiger partial charge >= 0.3 is 5.97 Å². The Morgan fingerprint density at radius 1 is 1.56 bits per heavy atom. The van der Waals surface area contributed by atoms with E-state index in [4.69, 9.17) is 10.00 Å². The van der Waals surface area contributed by atoms with Crippen LogP contribution in [0.15, 0.2) is 12.1 Å². The van der Waals surface area contributed by atoms with E-state index in [0.717, 1.165) is 6.07 Å². The Bertz CT molecular complexity index is 498. The highest BCUT2D eigenvalue weighted by Gasteiger charge is 2.20. The predicted molar refractivity (Wildman–Crippen MR) is 64.7 cm³/mol. The Balaban J connectivity index is 3.37. The maximum atomic E-state index is 12.8. The summed E-state index contributed by atoms with van der Waals surface area (Å²) in [6.45, 7) is 1.79. The monoisotopic (exact) mass is 317 g/mol. The maximum Gasteiger partial charge on any atom is 0.338 e. The van der Waals surface area contributed by atoms with E-state index in [-0.39, 0.29) is 23.1 Å². The fourth-order valence-corrected chi connectivity index (χ4v) is 1.92. The predicted octanol–water partition coefficient (Wildman–Crippen LogP) is 3.57. The number of ether oxygens (including phenoxy) is 1. The number of carbonyl (C=O) groups excluding carboxylic acids is 1. The number of alkyl halides is 3. The highest BCUT2D eigenvalue weighted by molar-refractivity contribution is 9.08. The molecule has 0 fully saturated rings. The third-order valence-corrected chi connectivity index (χ3v) is 2.86. The van der Waals surface area contributed by atoms with Gasteiger partial charge in [-0.3, -0.25) is 0 Å². The fourth-order valence-electron chi connectivity index (χ4n) is 1.47. The molecule has 0 aliphatic rings. The van der Waals surface area contributed by atoms with Crippen LogP contribution in [-0.2, 0) is 10.1 Å². The summed E-state index contributed by atoms with van der Waals surface area (Å²) >= 11 is 3.11. The summed E-state index contributed by atoms with van der Waals surface area (Å²) in [5.74, 6) is -0.675. The summed E-state index contributed by atoms with van der Waals surface area (Å²) in [4.78, 5) is 11.5. The average Bonchev–Trinajstić information content (AvgIpc) is 2.37. The number of rotatable bonds is 4. The van der Waals surface area contributed by atoms with E-state index >= 15 is 0 Å². The third-order valence-electron chi connectivity index (χ3n) is 2.25. The van der Waals surface area contributed by atoms with Gasteiger partial charge in [0.2, 0.25) is 0 Å². The van der Waals surface area contributed by atoms with Crippen LogP contribution in [0.1, 0.15) is 40.4 Å². The first-order valence-corrected chi connectivity index (χ1v) is 6.25. The molecule has 18 heavy (non-hydrogen) atoms. The molecule has 0 aromatic heterocycles. The van der Waals surface area contributed by atoms with Crippen molar-refractivity contribution in [3.63, 3.8) is 0 Å². The van der Waals surface area contributed by atoms with Gasteiger partial charge in [-0.15, -0.1) is 0 Å². The van der Waals surface area contributed by atoms with Crippen LogP contribution in [0.25, 0.3) is 0 Å². The van der Waals surface area contributed by atoms with E-state index in [1.807, 2.05) is 0 Å². The SMILES string of the molecule is CCOC(=O)c1cc(CBr)c(C#N)c(C(F)F)c1. The highest BCUT2D eigenvalue weighted by Crippen LogP contribution is 2.28. The Hall–Kier alpha value is -1.48. The summed E-state index contributed by atoms with van der Waals surface area (Å²) in [5, 5.41) is 9.10. The molecule has 1 aromatic carbocycles. The zero-order valence-electron chi connectivity index (χ0n) is 9.54. The summed E-state index contributed by atoms with van der Waals surface area (Å²) in [6, 6.07) is 4.13. The van der Waals surface area contributed by atoms with Crippen LogP contribution in [0.4, 0.5) is 8.78 Å². The molecule has 3 nitrogen and oxygen atoms in total. The minimum atomic E-state index is -2.81. The van der Waals surface area contributed by atoms with Crippen LogP contribution in [0.5, 0.6) is 0 Å². The molecular formula is C12H10BrF2NO2. The molecule has 0 aliphatic carbocycles. The van der Waals surface area contributed by atoms with Gasteiger partial charge in [0, 0.05) is 10.9 Å². The van der Waals surface area contributed by atoms with Crippen molar-refractivity contribution < 1.29 is 18.3 Å². The number of nitrogens with zero attached hydrogens (tertiary/aromatic N) is 1. The summed E-state index contributed by atoms with van der Waals surface area (Å²) in [5.41, 5.74) is -0.175. The number of hydrogen-bond acceptors (Lipinski definition) is 3. The first kappa shape index (κ1) is 14.6. The van der Waals surface area contributed by atoms with Crippen molar-refractivity contribution >= 4 is 21.9 Å². The van der Waals surface area contributed by atoms with Crippen LogP contribution in [0, 0.1) is 11.3 Å². The molecule has 0 heterocycles. The summed E-state index contributed by atoms with van der Waals surface area (Å²) in [7, 11) is 0. The second-order valence-electron chi connectivity index (χ2n) is 3.37. The van der Waals surface area contributed by atoms with Crippen molar-refractivity contribution in [3.8, 4) is 6.07 Å². The van der Waals surface area contributed by atoms with Gasteiger partial charge in [-0.25, -0.2) is 13.6 Å². The van der Waals surface area contributed by atoms with Crippen LogP contribution in [0.3, 0.4) is 0 Å². The van der Waals surface area contributed by atoms with Crippen molar-refractivity contribution in [2.24, 2.45) is 0 Å². The number of halogens is 3. The second-order valence-corrected chi connectivity index (χ2v) is 3.93. The molecule has 1 aromatic rings. The van der Waals surface area contributed by atoms with Crippen molar-refractivity contribution in [3.05, 3.63) is 34.4 Å². The van der Waals surface area contributed by atoms with Gasteiger partial charge in [-0.2, -0.15) is 5.26 Å². The zero-order chi connectivity index (χ0) is 13.7. The van der Waals surface area contributed by atoms with Crippen molar-refractivity contribution in [1.29, 1.82) is 5.26 Å². The van der Waals surface area contributed by atoms with E-state index in [9.17, 15) is 13.6 Å². The molecule has 0 spiro atoms. The van der Waals surface area contributed by atoms with Gasteiger partial charge in [0.15, 0.2) is 0 Å². The molecule has 0 radical (unpaired) electrons. The minimum absolute atomic E-state index is 0.0283. The molecule has 6 heteroatoms. The molecule has 0 aliphatic heterocycles. The minimum Gasteiger partial charge on any atom is -0.462 e. The molecule has 0 bridgehead atoms. The largest absolute Gasteiger partial charge is 0.462 e. The molecular weight excluding hydrogens is 308 g/mol. The number of carbonyl (C=O) groups is 1. The molecule has 0 N–H and O–H groups in total. The average molecular weight is 318 g/mol. The lowest BCUT2D eigenvalue weighted by molar-refractivity contribution is 0.0526. The fraction of sp³-hybridized carbons (Fsp3) is 0.333. The quantitative estimate of drug-likeness (QED) is 0.630. The van der Waals surface area contributed by atoms with Crippen LogP contribution >= 0.6 is 15.9 Å². The molecule has 0 saturated heterocycles. The topological polar surface area (TPSA) is 50.1 Å². The number of nitriles is 1. The lowest BCUT2D eigenvalue weighted by Crippen LogP contribution is -2.08. The smallest absolute Gasteiger partial charge is 0.338 e. The lowest BCUT2D eigenvalue weighted by Gasteiger charge is -2.10. The lowest BCUT2D eigenvalue weighted by atomic mass is 9.99. The van der Waals surface area contributed by atoms with Gasteiger partial charge in [-0.1, -0.05) is 15.9 Å². The Labute approximate surface area is 111 Å². The molecule has 0 amide bonds. The van der Waals surface area contributed by atoms with Gasteiger partial charge < -0.3 is 4.74 Å². The molecule has 96 valence electrons. The van der Waals surface area contributed by atoms with E-state index in [1.54, 1.807) is 13.0 Å².